The summed E-state index contributed by atoms with van der Waals surface area (Å²) in [5.74, 6) is 0.511. The van der Waals surface area contributed by atoms with Crippen LogP contribution >= 0.6 is 0 Å². The minimum absolute atomic E-state index is 0. The van der Waals surface area contributed by atoms with E-state index in [0.29, 0.717) is 5.92 Å². The van der Waals surface area contributed by atoms with E-state index in [1.54, 1.807) is 0 Å². The molecular formula is C32H31Cl2OTi. The first kappa shape index (κ1) is 31.9. The molecule has 0 spiro atoms. The third kappa shape index (κ3) is 7.00. The van der Waals surface area contributed by atoms with Gasteiger partial charge in [-0.2, -0.15) is 0 Å². The van der Waals surface area contributed by atoms with Gasteiger partial charge in [-0.3, -0.25) is 0 Å². The van der Waals surface area contributed by atoms with Gasteiger partial charge in [0.2, 0.25) is 0 Å². The van der Waals surface area contributed by atoms with E-state index in [-0.39, 0.29) is 46.5 Å². The van der Waals surface area contributed by atoms with Gasteiger partial charge in [-0.1, -0.05) is 113 Å². The summed E-state index contributed by atoms with van der Waals surface area (Å²) in [4.78, 5) is 0. The molecule has 0 saturated carbocycles. The molecule has 0 bridgehead atoms. The first-order valence-electron chi connectivity index (χ1n) is 11.5. The molecule has 5 rings (SSSR count). The van der Waals surface area contributed by atoms with Crippen LogP contribution < -0.4 is 24.8 Å². The minimum atomic E-state index is -0.516. The molecule has 0 aliphatic heterocycles. The number of benzene rings is 4. The Morgan fingerprint density at radius 3 is 1.67 bits per heavy atom. The quantitative estimate of drug-likeness (QED) is 0.307. The van der Waals surface area contributed by atoms with E-state index < -0.39 is 6.10 Å². The van der Waals surface area contributed by atoms with E-state index in [0.717, 1.165) is 11.1 Å². The fraction of sp³-hybridized carbons (Fsp3) is 0.188. The minimum Gasteiger partial charge on any atom is -1.00 e. The van der Waals surface area contributed by atoms with Gasteiger partial charge in [-0.15, -0.1) is 35.2 Å². The van der Waals surface area contributed by atoms with Crippen LogP contribution in [0.3, 0.4) is 0 Å². The molecule has 4 aromatic carbocycles. The molecule has 0 heterocycles. The predicted molar refractivity (Wildman–Crippen MR) is 140 cm³/mol. The van der Waals surface area contributed by atoms with E-state index in [1.807, 2.05) is 60.7 Å². The maximum absolute atomic E-state index is 9.99. The summed E-state index contributed by atoms with van der Waals surface area (Å²) in [6.07, 6.45) is -0.516. The average molecular weight is 550 g/mol. The number of hydrogen-bond acceptors (Lipinski definition) is 1. The molecule has 36 heavy (non-hydrogen) atoms. The Kier molecular flexibility index (Phi) is 12.9. The van der Waals surface area contributed by atoms with Crippen molar-refractivity contribution in [3.63, 3.8) is 0 Å². The predicted octanol–water partition coefficient (Wildman–Crippen LogP) is 2.17. The summed E-state index contributed by atoms with van der Waals surface area (Å²) in [6, 6.07) is 35.8. The Labute approximate surface area is 243 Å². The smallest absolute Gasteiger partial charge is 1.00 e. The third-order valence-electron chi connectivity index (χ3n) is 6.82. The second kappa shape index (κ2) is 14.6. The molecule has 1 unspecified atom stereocenters. The van der Waals surface area contributed by atoms with Crippen LogP contribution in [0.15, 0.2) is 114 Å². The number of aliphatic hydroxyl groups excluding tert-OH is 1. The third-order valence-corrected chi connectivity index (χ3v) is 6.82. The monoisotopic (exact) mass is 549 g/mol. The van der Waals surface area contributed by atoms with Gasteiger partial charge >= 0.3 is 21.7 Å². The zero-order valence-electron chi connectivity index (χ0n) is 21.1. The summed E-state index contributed by atoms with van der Waals surface area (Å²) in [5, 5.41) is 12.5. The van der Waals surface area contributed by atoms with Gasteiger partial charge in [0, 0.05) is 0 Å². The van der Waals surface area contributed by atoms with Crippen LogP contribution in [0.1, 0.15) is 50.5 Å². The topological polar surface area (TPSA) is 20.2 Å². The number of allylic oxidation sites excluding steroid dienone is 4. The SMILES string of the molecule is CC1=C(C)C(C)C(c2[c-]c3ccccc3cc2)=C1C.OC(c1ccccc1)c1ccccc1.[Cl-].[Cl-].[Ti+3]. The number of rotatable bonds is 3. The normalized spacial score (nSPS) is 14.4. The maximum atomic E-state index is 9.99. The standard InChI is InChI=1S/C19H19.C13H12O.2ClH.Ti/c1-12-13(2)15(4)19(14(12)3)18-10-9-16-7-5-6-8-17(16)11-18;14-13(11-7-3-1-4-8-11)12-9-5-2-6-10-12;;;/h5-10,14H,1-4H3;1-10,13-14H;2*1H;/q-1;;;;+3/p-2. The molecule has 1 nitrogen and oxygen atoms in total. The van der Waals surface area contributed by atoms with Crippen molar-refractivity contribution < 1.29 is 51.6 Å². The Hall–Kier alpha value is -2.13. The van der Waals surface area contributed by atoms with E-state index in [4.69, 9.17) is 0 Å². The van der Waals surface area contributed by atoms with Crippen molar-refractivity contribution in [2.45, 2.75) is 33.8 Å². The second-order valence-electron chi connectivity index (χ2n) is 8.75. The van der Waals surface area contributed by atoms with Gasteiger partial charge in [0.1, 0.15) is 6.10 Å². The first-order chi connectivity index (χ1) is 16.0. The second-order valence-corrected chi connectivity index (χ2v) is 8.75. The Bertz CT molecular complexity index is 1270. The fourth-order valence-corrected chi connectivity index (χ4v) is 4.54. The molecule has 1 aliphatic rings. The fourth-order valence-electron chi connectivity index (χ4n) is 4.54. The molecule has 1 aliphatic carbocycles. The van der Waals surface area contributed by atoms with Gasteiger partial charge in [0.05, 0.1) is 0 Å². The molecule has 0 amide bonds. The van der Waals surface area contributed by atoms with Crippen LogP contribution in [0.2, 0.25) is 0 Å². The summed E-state index contributed by atoms with van der Waals surface area (Å²) >= 11 is 0. The molecule has 4 heteroatoms. The van der Waals surface area contributed by atoms with Crippen molar-refractivity contribution >= 4 is 16.3 Å². The average Bonchev–Trinajstić information content (AvgIpc) is 3.07. The van der Waals surface area contributed by atoms with Gasteiger partial charge in [0.25, 0.3) is 0 Å². The Morgan fingerprint density at radius 2 is 1.17 bits per heavy atom. The van der Waals surface area contributed by atoms with Crippen LogP contribution in [-0.2, 0) is 21.7 Å². The van der Waals surface area contributed by atoms with Crippen LogP contribution in [0.25, 0.3) is 16.3 Å². The van der Waals surface area contributed by atoms with Crippen LogP contribution in [0.4, 0.5) is 0 Å². The van der Waals surface area contributed by atoms with Crippen molar-refractivity contribution in [3.8, 4) is 0 Å². The molecule has 1 radical (unpaired) electrons. The number of fused-ring (bicyclic) bond motifs is 1. The molecule has 4 aromatic rings. The van der Waals surface area contributed by atoms with Crippen LogP contribution in [0.5, 0.6) is 0 Å². The molecule has 0 saturated heterocycles. The molecular weight excluding hydrogens is 519 g/mol. The Morgan fingerprint density at radius 1 is 0.667 bits per heavy atom. The van der Waals surface area contributed by atoms with Crippen LogP contribution in [-0.4, -0.2) is 5.11 Å². The summed E-state index contributed by atoms with van der Waals surface area (Å²) in [6.45, 7) is 9.02. The molecule has 1 atom stereocenters. The van der Waals surface area contributed by atoms with Crippen molar-refractivity contribution in [2.24, 2.45) is 5.92 Å². The largest absolute Gasteiger partial charge is 3.00 e. The molecule has 0 aromatic heterocycles. The number of hydrogen-bond donors (Lipinski definition) is 1. The van der Waals surface area contributed by atoms with Gasteiger partial charge in [-0.05, 0) is 37.8 Å². The van der Waals surface area contributed by atoms with Crippen molar-refractivity contribution in [3.05, 3.63) is 137 Å². The van der Waals surface area contributed by atoms with Crippen molar-refractivity contribution in [2.75, 3.05) is 0 Å². The van der Waals surface area contributed by atoms with Gasteiger partial charge in [0.15, 0.2) is 0 Å². The van der Waals surface area contributed by atoms with E-state index in [1.165, 1.54) is 38.6 Å². The molecule has 0 fully saturated rings. The zero-order chi connectivity index (χ0) is 23.4. The van der Waals surface area contributed by atoms with E-state index in [9.17, 15) is 5.11 Å². The van der Waals surface area contributed by atoms with E-state index in [2.05, 4.69) is 70.2 Å². The number of halogens is 2. The summed E-state index contributed by atoms with van der Waals surface area (Å²) in [7, 11) is 0. The van der Waals surface area contributed by atoms with Gasteiger partial charge in [-0.25, -0.2) is 0 Å². The summed E-state index contributed by atoms with van der Waals surface area (Å²) < 4.78 is 0. The van der Waals surface area contributed by atoms with Gasteiger partial charge < -0.3 is 29.9 Å². The number of aliphatic hydroxyl groups is 1. The maximum Gasteiger partial charge on any atom is 3.00 e. The Balaban J connectivity index is 0.000000345. The first-order valence-corrected chi connectivity index (χ1v) is 11.5. The summed E-state index contributed by atoms with van der Waals surface area (Å²) in [5.41, 5.74) is 8.92. The zero-order valence-corrected chi connectivity index (χ0v) is 24.2. The molecule has 1 N–H and O–H groups in total. The van der Waals surface area contributed by atoms with Crippen LogP contribution in [0, 0.1) is 12.0 Å². The van der Waals surface area contributed by atoms with Crippen molar-refractivity contribution in [1.82, 2.24) is 0 Å². The van der Waals surface area contributed by atoms with Crippen molar-refractivity contribution in [1.29, 1.82) is 0 Å². The molecule has 183 valence electrons. The van der Waals surface area contributed by atoms with E-state index >= 15 is 0 Å².